The molecule has 1 aliphatic rings. The molecule has 24 heavy (non-hydrogen) atoms. The van der Waals surface area contributed by atoms with E-state index in [1.54, 1.807) is 6.20 Å². The average Bonchev–Trinajstić information content (AvgIpc) is 3.18. The minimum absolute atomic E-state index is 0.173. The van der Waals surface area contributed by atoms with Gasteiger partial charge in [0, 0.05) is 30.9 Å². The van der Waals surface area contributed by atoms with Gasteiger partial charge in [0.05, 0.1) is 5.69 Å². The number of nitrogens with one attached hydrogen (secondary N) is 1. The van der Waals surface area contributed by atoms with Crippen molar-refractivity contribution >= 4 is 5.91 Å². The van der Waals surface area contributed by atoms with Crippen molar-refractivity contribution in [1.29, 1.82) is 0 Å². The lowest BCUT2D eigenvalue weighted by Gasteiger charge is -2.08. The summed E-state index contributed by atoms with van der Waals surface area (Å²) in [6.07, 6.45) is 1.80. The van der Waals surface area contributed by atoms with Crippen LogP contribution in [0.25, 0.3) is 0 Å². The van der Waals surface area contributed by atoms with Crippen LogP contribution in [0, 0.1) is 6.92 Å². The Labute approximate surface area is 138 Å². The van der Waals surface area contributed by atoms with Crippen LogP contribution in [0.15, 0.2) is 18.3 Å². The van der Waals surface area contributed by atoms with Crippen LogP contribution in [0.3, 0.4) is 0 Å². The Balaban J connectivity index is 1.48. The van der Waals surface area contributed by atoms with Gasteiger partial charge in [0.15, 0.2) is 0 Å². The maximum Gasteiger partial charge on any atom is 0.280 e. The molecule has 0 spiro atoms. The van der Waals surface area contributed by atoms with E-state index < -0.39 is 6.43 Å². The number of amides is 1. The first kappa shape index (κ1) is 16.6. The van der Waals surface area contributed by atoms with E-state index in [2.05, 4.69) is 15.5 Å². The van der Waals surface area contributed by atoms with Gasteiger partial charge in [0.2, 0.25) is 5.91 Å². The van der Waals surface area contributed by atoms with Crippen molar-refractivity contribution in [3.63, 3.8) is 0 Å². The molecule has 1 amide bonds. The summed E-state index contributed by atoms with van der Waals surface area (Å²) in [5.41, 5.74) is 1.55. The molecule has 0 aliphatic heterocycles. The molecule has 1 saturated carbocycles. The number of rotatable bonds is 8. The third-order valence-corrected chi connectivity index (χ3v) is 4.14. The Kier molecular flexibility index (Phi) is 4.92. The highest BCUT2D eigenvalue weighted by Crippen LogP contribution is 2.40. The van der Waals surface area contributed by atoms with Crippen LogP contribution in [0.2, 0.25) is 0 Å². The molecule has 3 rings (SSSR count). The maximum atomic E-state index is 13.1. The Morgan fingerprint density at radius 1 is 1.42 bits per heavy atom. The molecule has 0 atom stereocenters. The number of carbonyl (C=O) groups excluding carboxylic acids is 1. The predicted molar refractivity (Wildman–Crippen MR) is 83.7 cm³/mol. The summed E-state index contributed by atoms with van der Waals surface area (Å²) in [5.74, 6) is -0.0244. The molecule has 8 heteroatoms. The van der Waals surface area contributed by atoms with E-state index >= 15 is 0 Å². The normalized spacial score (nSPS) is 14.3. The van der Waals surface area contributed by atoms with E-state index in [4.69, 9.17) is 0 Å². The molecule has 1 fully saturated rings. The average molecular weight is 337 g/mol. The van der Waals surface area contributed by atoms with E-state index in [1.165, 1.54) is 6.07 Å². The largest absolute Gasteiger partial charge is 0.354 e. The number of aromatic nitrogens is 4. The number of hydrogen-bond acceptors (Lipinski definition) is 3. The fourth-order valence-corrected chi connectivity index (χ4v) is 2.61. The predicted octanol–water partition coefficient (Wildman–Crippen LogP) is 2.41. The molecule has 0 unspecified atom stereocenters. The van der Waals surface area contributed by atoms with Crippen molar-refractivity contribution in [2.45, 2.75) is 51.6 Å². The highest BCUT2D eigenvalue weighted by Gasteiger charge is 2.29. The van der Waals surface area contributed by atoms with E-state index in [0.717, 1.165) is 29.6 Å². The number of halogens is 2. The van der Waals surface area contributed by atoms with Crippen LogP contribution in [-0.2, 0) is 17.9 Å². The standard InChI is InChI=1S/C16H21F2N5O/c1-11-5-7-20-22(11)8-2-6-19-15(24)10-23-14(16(17)18)9-13(21-23)12-3-4-12/h5,7,9,12,16H,2-4,6,8,10H2,1H3,(H,19,24). The number of hydrogen-bond donors (Lipinski definition) is 1. The van der Waals surface area contributed by atoms with E-state index in [-0.39, 0.29) is 24.1 Å². The van der Waals surface area contributed by atoms with Crippen LogP contribution >= 0.6 is 0 Å². The van der Waals surface area contributed by atoms with Crippen molar-refractivity contribution in [1.82, 2.24) is 24.9 Å². The van der Waals surface area contributed by atoms with Gasteiger partial charge in [-0.3, -0.25) is 14.2 Å². The van der Waals surface area contributed by atoms with Crippen molar-refractivity contribution in [3.8, 4) is 0 Å². The summed E-state index contributed by atoms with van der Waals surface area (Å²) in [7, 11) is 0. The van der Waals surface area contributed by atoms with Crippen molar-refractivity contribution in [2.24, 2.45) is 0 Å². The van der Waals surface area contributed by atoms with Crippen LogP contribution in [-0.4, -0.2) is 32.0 Å². The van der Waals surface area contributed by atoms with Gasteiger partial charge in [0.1, 0.15) is 12.2 Å². The molecule has 130 valence electrons. The van der Waals surface area contributed by atoms with Gasteiger partial charge in [0.25, 0.3) is 6.43 Å². The number of alkyl halides is 2. The Morgan fingerprint density at radius 3 is 2.83 bits per heavy atom. The first-order valence-corrected chi connectivity index (χ1v) is 8.15. The van der Waals surface area contributed by atoms with Gasteiger partial charge in [-0.25, -0.2) is 8.78 Å². The zero-order chi connectivity index (χ0) is 17.1. The second-order valence-corrected chi connectivity index (χ2v) is 6.13. The summed E-state index contributed by atoms with van der Waals surface area (Å²) in [4.78, 5) is 12.0. The molecular formula is C16H21F2N5O. The van der Waals surface area contributed by atoms with Crippen LogP contribution < -0.4 is 5.32 Å². The highest BCUT2D eigenvalue weighted by atomic mass is 19.3. The van der Waals surface area contributed by atoms with Crippen LogP contribution in [0.1, 0.15) is 48.7 Å². The maximum absolute atomic E-state index is 13.1. The van der Waals surface area contributed by atoms with Gasteiger partial charge < -0.3 is 5.32 Å². The smallest absolute Gasteiger partial charge is 0.280 e. The molecule has 0 radical (unpaired) electrons. The first-order chi connectivity index (χ1) is 11.5. The van der Waals surface area contributed by atoms with Crippen molar-refractivity contribution in [3.05, 3.63) is 35.4 Å². The quantitative estimate of drug-likeness (QED) is 0.752. The Bertz CT molecular complexity index is 705. The van der Waals surface area contributed by atoms with E-state index in [0.29, 0.717) is 18.8 Å². The molecule has 1 N–H and O–H groups in total. The van der Waals surface area contributed by atoms with Crippen molar-refractivity contribution in [2.75, 3.05) is 6.54 Å². The molecule has 2 aromatic heterocycles. The third kappa shape index (κ3) is 3.98. The Morgan fingerprint density at radius 2 is 2.21 bits per heavy atom. The second kappa shape index (κ2) is 7.11. The lowest BCUT2D eigenvalue weighted by molar-refractivity contribution is -0.121. The lowest BCUT2D eigenvalue weighted by Crippen LogP contribution is -2.30. The molecule has 1 aliphatic carbocycles. The van der Waals surface area contributed by atoms with Gasteiger partial charge in [-0.05, 0) is 38.3 Å². The summed E-state index contributed by atoms with van der Waals surface area (Å²) < 4.78 is 29.1. The fourth-order valence-electron chi connectivity index (χ4n) is 2.61. The molecule has 0 aromatic carbocycles. The minimum atomic E-state index is -2.62. The van der Waals surface area contributed by atoms with Gasteiger partial charge in [-0.15, -0.1) is 0 Å². The molecular weight excluding hydrogens is 316 g/mol. The fraction of sp³-hybridized carbons (Fsp3) is 0.562. The molecule has 0 saturated heterocycles. The van der Waals surface area contributed by atoms with Gasteiger partial charge in [-0.1, -0.05) is 0 Å². The number of carbonyl (C=O) groups is 1. The minimum Gasteiger partial charge on any atom is -0.354 e. The van der Waals surface area contributed by atoms with Crippen molar-refractivity contribution < 1.29 is 13.6 Å². The highest BCUT2D eigenvalue weighted by molar-refractivity contribution is 5.75. The summed E-state index contributed by atoms with van der Waals surface area (Å²) in [6.45, 7) is 2.97. The SMILES string of the molecule is Cc1ccnn1CCCNC(=O)Cn1nc(C2CC2)cc1C(F)F. The summed E-state index contributed by atoms with van der Waals surface area (Å²) in [5, 5.41) is 11.1. The monoisotopic (exact) mass is 337 g/mol. The molecule has 0 bridgehead atoms. The third-order valence-electron chi connectivity index (χ3n) is 4.14. The summed E-state index contributed by atoms with van der Waals surface area (Å²) in [6, 6.07) is 3.34. The van der Waals surface area contributed by atoms with Crippen LogP contribution in [0.4, 0.5) is 8.78 Å². The van der Waals surface area contributed by atoms with Gasteiger partial charge in [-0.2, -0.15) is 10.2 Å². The van der Waals surface area contributed by atoms with E-state index in [9.17, 15) is 13.6 Å². The second-order valence-electron chi connectivity index (χ2n) is 6.13. The molecule has 2 heterocycles. The Hall–Kier alpha value is -2.25. The zero-order valence-electron chi connectivity index (χ0n) is 13.6. The first-order valence-electron chi connectivity index (χ1n) is 8.15. The number of nitrogens with zero attached hydrogens (tertiary/aromatic N) is 4. The molecule has 6 nitrogen and oxygen atoms in total. The lowest BCUT2D eigenvalue weighted by atomic mass is 10.3. The molecule has 2 aromatic rings. The number of aryl methyl sites for hydroxylation is 2. The summed E-state index contributed by atoms with van der Waals surface area (Å²) >= 11 is 0. The zero-order valence-corrected chi connectivity index (χ0v) is 13.6. The van der Waals surface area contributed by atoms with Gasteiger partial charge >= 0.3 is 0 Å². The van der Waals surface area contributed by atoms with E-state index in [1.807, 2.05) is 17.7 Å². The topological polar surface area (TPSA) is 64.7 Å². The van der Waals surface area contributed by atoms with Crippen LogP contribution in [0.5, 0.6) is 0 Å².